The van der Waals surface area contributed by atoms with E-state index >= 15 is 0 Å². The second-order valence-electron chi connectivity index (χ2n) is 5.11. The first kappa shape index (κ1) is 15.8. The van der Waals surface area contributed by atoms with E-state index in [-0.39, 0.29) is 12.5 Å². The van der Waals surface area contributed by atoms with Gasteiger partial charge in [-0.3, -0.25) is 0 Å². The molecule has 1 aromatic rings. The van der Waals surface area contributed by atoms with E-state index in [1.165, 1.54) is 0 Å². The molecule has 4 nitrogen and oxygen atoms in total. The van der Waals surface area contributed by atoms with Crippen molar-refractivity contribution in [3.8, 4) is 11.5 Å². The van der Waals surface area contributed by atoms with E-state index in [2.05, 4.69) is 19.2 Å². The molecule has 0 aromatic heterocycles. The Kier molecular flexibility index (Phi) is 6.67. The molecular weight excluding hydrogens is 242 g/mol. The van der Waals surface area contributed by atoms with Crippen LogP contribution in [0, 0.1) is 5.92 Å². The molecule has 4 heteroatoms. The van der Waals surface area contributed by atoms with Gasteiger partial charge in [0.15, 0.2) is 0 Å². The van der Waals surface area contributed by atoms with E-state index in [1.807, 2.05) is 25.1 Å². The summed E-state index contributed by atoms with van der Waals surface area (Å²) in [7, 11) is 1.64. The van der Waals surface area contributed by atoms with E-state index in [0.29, 0.717) is 12.6 Å². The largest absolute Gasteiger partial charge is 0.497 e. The molecule has 0 aliphatic carbocycles. The van der Waals surface area contributed by atoms with Crippen molar-refractivity contribution in [1.82, 2.24) is 5.32 Å². The average molecular weight is 267 g/mol. The van der Waals surface area contributed by atoms with E-state index in [0.717, 1.165) is 23.6 Å². The molecule has 1 rings (SSSR count). The van der Waals surface area contributed by atoms with Gasteiger partial charge in [0.25, 0.3) is 0 Å². The molecule has 0 aliphatic rings. The van der Waals surface area contributed by atoms with Gasteiger partial charge in [-0.05, 0) is 6.07 Å². The normalized spacial score (nSPS) is 12.5. The maximum Gasteiger partial charge on any atom is 0.127 e. The van der Waals surface area contributed by atoms with Gasteiger partial charge in [-0.2, -0.15) is 0 Å². The zero-order valence-electron chi connectivity index (χ0n) is 12.3. The van der Waals surface area contributed by atoms with Crippen LogP contribution in [0.25, 0.3) is 0 Å². The number of hydrogen-bond donors (Lipinski definition) is 2. The zero-order chi connectivity index (χ0) is 14.3. The van der Waals surface area contributed by atoms with Crippen molar-refractivity contribution in [2.24, 2.45) is 5.92 Å². The minimum absolute atomic E-state index is 0.122. The van der Waals surface area contributed by atoms with Crippen molar-refractivity contribution in [3.05, 3.63) is 23.8 Å². The van der Waals surface area contributed by atoms with Gasteiger partial charge in [-0.1, -0.05) is 26.8 Å². The summed E-state index contributed by atoms with van der Waals surface area (Å²) in [4.78, 5) is 0. The number of hydrogen-bond acceptors (Lipinski definition) is 4. The monoisotopic (exact) mass is 267 g/mol. The van der Waals surface area contributed by atoms with Crippen LogP contribution in [-0.2, 0) is 6.54 Å². The molecule has 0 heterocycles. The molecule has 1 aromatic carbocycles. The predicted molar refractivity (Wildman–Crippen MR) is 76.7 cm³/mol. The Labute approximate surface area is 115 Å². The highest BCUT2D eigenvalue weighted by Gasteiger charge is 2.08. The molecule has 0 spiro atoms. The van der Waals surface area contributed by atoms with Crippen molar-refractivity contribution in [1.29, 1.82) is 0 Å². The Balaban J connectivity index is 2.76. The van der Waals surface area contributed by atoms with Crippen molar-refractivity contribution in [3.63, 3.8) is 0 Å². The Morgan fingerprint density at radius 1 is 1.26 bits per heavy atom. The predicted octanol–water partition coefficient (Wildman–Crippen LogP) is 2.20. The van der Waals surface area contributed by atoms with Crippen LogP contribution in [-0.4, -0.2) is 31.5 Å². The van der Waals surface area contributed by atoms with E-state index in [9.17, 15) is 0 Å². The molecule has 0 bridgehead atoms. The maximum absolute atomic E-state index is 9.04. The van der Waals surface area contributed by atoms with Crippen molar-refractivity contribution in [2.75, 3.05) is 20.3 Å². The molecule has 0 amide bonds. The lowest BCUT2D eigenvalue weighted by Gasteiger charge is -2.16. The number of nitrogens with one attached hydrogen (secondary N) is 1. The van der Waals surface area contributed by atoms with Gasteiger partial charge in [0, 0.05) is 36.7 Å². The molecule has 1 atom stereocenters. The standard InChI is InChI=1S/C15H25NO3/c1-11(2)16-8-13-5-6-14(18-4)7-15(13)19-10-12(3)9-17/h5-7,11-12,16-17H,8-10H2,1-4H3. The van der Waals surface area contributed by atoms with Crippen LogP contribution in [0.1, 0.15) is 26.3 Å². The third kappa shape index (κ3) is 5.49. The molecule has 2 N–H and O–H groups in total. The number of rotatable bonds is 8. The molecule has 0 saturated carbocycles. The Hall–Kier alpha value is -1.26. The lowest BCUT2D eigenvalue weighted by Crippen LogP contribution is -2.22. The van der Waals surface area contributed by atoms with Gasteiger partial charge in [0.05, 0.1) is 13.7 Å². The van der Waals surface area contributed by atoms with Crippen molar-refractivity contribution in [2.45, 2.75) is 33.4 Å². The number of aliphatic hydroxyl groups is 1. The van der Waals surface area contributed by atoms with E-state index in [1.54, 1.807) is 7.11 Å². The van der Waals surface area contributed by atoms with E-state index in [4.69, 9.17) is 14.6 Å². The van der Waals surface area contributed by atoms with Gasteiger partial charge in [0.2, 0.25) is 0 Å². The average Bonchev–Trinajstić information content (AvgIpc) is 2.42. The zero-order valence-corrected chi connectivity index (χ0v) is 12.3. The minimum atomic E-state index is 0.122. The summed E-state index contributed by atoms with van der Waals surface area (Å²) in [5, 5.41) is 12.4. The summed E-state index contributed by atoms with van der Waals surface area (Å²) in [5.41, 5.74) is 1.10. The van der Waals surface area contributed by atoms with Crippen LogP contribution in [0.5, 0.6) is 11.5 Å². The van der Waals surface area contributed by atoms with Gasteiger partial charge in [-0.15, -0.1) is 0 Å². The van der Waals surface area contributed by atoms with Crippen LogP contribution in [0.4, 0.5) is 0 Å². The first-order valence-corrected chi connectivity index (χ1v) is 6.70. The smallest absolute Gasteiger partial charge is 0.127 e. The Bertz CT molecular complexity index is 380. The lowest BCUT2D eigenvalue weighted by atomic mass is 10.1. The van der Waals surface area contributed by atoms with Gasteiger partial charge in [0.1, 0.15) is 11.5 Å². The van der Waals surface area contributed by atoms with Crippen molar-refractivity contribution < 1.29 is 14.6 Å². The summed E-state index contributed by atoms with van der Waals surface area (Å²) in [5.74, 6) is 1.71. The SMILES string of the molecule is COc1ccc(CNC(C)C)c(OCC(C)CO)c1. The third-order valence-electron chi connectivity index (χ3n) is 2.81. The van der Waals surface area contributed by atoms with Crippen LogP contribution < -0.4 is 14.8 Å². The first-order chi connectivity index (χ1) is 9.06. The summed E-state index contributed by atoms with van der Waals surface area (Å²) in [6.45, 7) is 7.55. The van der Waals surface area contributed by atoms with Gasteiger partial charge >= 0.3 is 0 Å². The first-order valence-electron chi connectivity index (χ1n) is 6.70. The second kappa shape index (κ2) is 8.02. The van der Waals surface area contributed by atoms with Gasteiger partial charge < -0.3 is 19.9 Å². The highest BCUT2D eigenvalue weighted by molar-refractivity contribution is 5.40. The molecule has 0 saturated heterocycles. The Morgan fingerprint density at radius 2 is 2.00 bits per heavy atom. The minimum Gasteiger partial charge on any atom is -0.497 e. The molecule has 0 radical (unpaired) electrons. The fourth-order valence-corrected chi connectivity index (χ4v) is 1.54. The molecular formula is C15H25NO3. The Morgan fingerprint density at radius 3 is 2.58 bits per heavy atom. The van der Waals surface area contributed by atoms with Gasteiger partial charge in [-0.25, -0.2) is 0 Å². The summed E-state index contributed by atoms with van der Waals surface area (Å²) in [6.07, 6.45) is 0. The lowest BCUT2D eigenvalue weighted by molar-refractivity contribution is 0.173. The van der Waals surface area contributed by atoms with E-state index < -0.39 is 0 Å². The van der Waals surface area contributed by atoms with Crippen molar-refractivity contribution >= 4 is 0 Å². The fraction of sp³-hybridized carbons (Fsp3) is 0.600. The highest BCUT2D eigenvalue weighted by atomic mass is 16.5. The topological polar surface area (TPSA) is 50.7 Å². The fourth-order valence-electron chi connectivity index (χ4n) is 1.54. The summed E-state index contributed by atoms with van der Waals surface area (Å²) >= 11 is 0. The molecule has 19 heavy (non-hydrogen) atoms. The molecule has 1 unspecified atom stereocenters. The van der Waals surface area contributed by atoms with Crippen LogP contribution >= 0.6 is 0 Å². The highest BCUT2D eigenvalue weighted by Crippen LogP contribution is 2.25. The maximum atomic E-state index is 9.04. The molecule has 108 valence electrons. The number of methoxy groups -OCH3 is 1. The van der Waals surface area contributed by atoms with Crippen LogP contribution in [0.2, 0.25) is 0 Å². The number of benzene rings is 1. The molecule has 0 fully saturated rings. The number of ether oxygens (including phenoxy) is 2. The number of aliphatic hydroxyl groups excluding tert-OH is 1. The summed E-state index contributed by atoms with van der Waals surface area (Å²) < 4.78 is 11.0. The second-order valence-corrected chi connectivity index (χ2v) is 5.11. The summed E-state index contributed by atoms with van der Waals surface area (Å²) in [6, 6.07) is 6.25. The molecule has 0 aliphatic heterocycles. The van der Waals surface area contributed by atoms with Crippen LogP contribution in [0.3, 0.4) is 0 Å². The quantitative estimate of drug-likeness (QED) is 0.758. The third-order valence-corrected chi connectivity index (χ3v) is 2.81. The van der Waals surface area contributed by atoms with Crippen LogP contribution in [0.15, 0.2) is 18.2 Å².